The highest BCUT2D eigenvalue weighted by atomic mass is 16.2. The van der Waals surface area contributed by atoms with Gasteiger partial charge in [-0.2, -0.15) is 20.5 Å². The van der Waals surface area contributed by atoms with Crippen molar-refractivity contribution in [1.82, 2.24) is 30.5 Å². The Bertz CT molecular complexity index is 642. The van der Waals surface area contributed by atoms with Crippen molar-refractivity contribution >= 4 is 11.7 Å². The molecule has 2 aliphatic rings. The number of hydrogen-bond acceptors (Lipinski definition) is 6. The number of rotatable bonds is 3. The van der Waals surface area contributed by atoms with Crippen LogP contribution in [0, 0.1) is 0 Å². The molecule has 1 aliphatic carbocycles. The van der Waals surface area contributed by atoms with Crippen molar-refractivity contribution in [2.45, 2.75) is 18.8 Å². The lowest BCUT2D eigenvalue weighted by Gasteiger charge is -2.34. The summed E-state index contributed by atoms with van der Waals surface area (Å²) in [5.41, 5.74) is 1.46. The number of carbonyl (C=O) groups excluding carboxylic acids is 1. The fraction of sp³-hybridized carbons (Fsp3) is 0.500. The first-order valence-corrected chi connectivity index (χ1v) is 7.55. The Morgan fingerprint density at radius 3 is 2.55 bits per heavy atom. The standard InChI is InChI=1S/C14H17N7O/c22-14(12-9-15-19-17-12)21-7-5-20(6-8-21)13-4-3-11(16-18-13)10-1-2-10/h3-4,9-10H,1-2,5-8H2,(H,15,17,19). The van der Waals surface area contributed by atoms with Crippen molar-refractivity contribution in [3.8, 4) is 0 Å². The summed E-state index contributed by atoms with van der Waals surface area (Å²) < 4.78 is 0. The van der Waals surface area contributed by atoms with E-state index in [0.717, 1.165) is 24.6 Å². The topological polar surface area (TPSA) is 90.9 Å². The van der Waals surface area contributed by atoms with Gasteiger partial charge < -0.3 is 9.80 Å². The van der Waals surface area contributed by atoms with Gasteiger partial charge in [0, 0.05) is 32.1 Å². The summed E-state index contributed by atoms with van der Waals surface area (Å²) in [6.45, 7) is 2.80. The third-order valence-corrected chi connectivity index (χ3v) is 4.19. The van der Waals surface area contributed by atoms with Gasteiger partial charge in [0.05, 0.1) is 11.9 Å². The van der Waals surface area contributed by atoms with Crippen LogP contribution in [-0.2, 0) is 0 Å². The van der Waals surface area contributed by atoms with Crippen molar-refractivity contribution < 1.29 is 4.79 Å². The van der Waals surface area contributed by atoms with Gasteiger partial charge in [-0.1, -0.05) is 0 Å². The van der Waals surface area contributed by atoms with Crippen molar-refractivity contribution in [2.24, 2.45) is 0 Å². The molecular weight excluding hydrogens is 282 g/mol. The van der Waals surface area contributed by atoms with Crippen LogP contribution >= 0.6 is 0 Å². The van der Waals surface area contributed by atoms with Crippen molar-refractivity contribution in [3.63, 3.8) is 0 Å². The van der Waals surface area contributed by atoms with Crippen molar-refractivity contribution in [2.75, 3.05) is 31.1 Å². The molecule has 1 saturated heterocycles. The first kappa shape index (κ1) is 13.2. The SMILES string of the molecule is O=C(c1cn[nH]n1)N1CCN(c2ccc(C3CC3)nn2)CC1. The summed E-state index contributed by atoms with van der Waals surface area (Å²) in [7, 11) is 0. The maximum Gasteiger partial charge on any atom is 0.276 e. The zero-order valence-corrected chi connectivity index (χ0v) is 12.1. The molecule has 0 radical (unpaired) electrons. The number of hydrogen-bond donors (Lipinski definition) is 1. The van der Waals surface area contributed by atoms with Crippen LogP contribution in [0.15, 0.2) is 18.3 Å². The molecule has 0 aromatic carbocycles. The number of aromatic nitrogens is 5. The molecular formula is C14H17N7O. The lowest BCUT2D eigenvalue weighted by atomic mass is 10.2. The van der Waals surface area contributed by atoms with Gasteiger partial charge in [-0.15, -0.1) is 5.10 Å². The molecule has 0 unspecified atom stereocenters. The largest absolute Gasteiger partial charge is 0.352 e. The average molecular weight is 299 g/mol. The Balaban J connectivity index is 1.38. The zero-order chi connectivity index (χ0) is 14.9. The van der Waals surface area contributed by atoms with E-state index in [2.05, 4.69) is 36.6 Å². The summed E-state index contributed by atoms with van der Waals surface area (Å²) in [6, 6.07) is 4.11. The number of piperazine rings is 1. The highest BCUT2D eigenvalue weighted by Crippen LogP contribution is 2.38. The second kappa shape index (κ2) is 5.36. The van der Waals surface area contributed by atoms with E-state index in [9.17, 15) is 4.79 Å². The van der Waals surface area contributed by atoms with Gasteiger partial charge in [0.1, 0.15) is 0 Å². The van der Waals surface area contributed by atoms with Crippen LogP contribution in [0.3, 0.4) is 0 Å². The quantitative estimate of drug-likeness (QED) is 0.884. The number of nitrogens with one attached hydrogen (secondary N) is 1. The first-order chi connectivity index (χ1) is 10.8. The lowest BCUT2D eigenvalue weighted by molar-refractivity contribution is 0.0740. The number of aromatic amines is 1. The molecule has 8 heteroatoms. The molecule has 0 bridgehead atoms. The molecule has 1 saturated carbocycles. The number of anilines is 1. The van der Waals surface area contributed by atoms with E-state index in [4.69, 9.17) is 0 Å². The van der Waals surface area contributed by atoms with Gasteiger partial charge in [-0.3, -0.25) is 4.79 Å². The van der Waals surface area contributed by atoms with Crippen molar-refractivity contribution in [3.05, 3.63) is 29.7 Å². The molecule has 22 heavy (non-hydrogen) atoms. The fourth-order valence-corrected chi connectivity index (χ4v) is 2.71. The van der Waals surface area contributed by atoms with Crippen LogP contribution in [0.4, 0.5) is 5.82 Å². The smallest absolute Gasteiger partial charge is 0.276 e. The van der Waals surface area contributed by atoms with Crippen molar-refractivity contribution in [1.29, 1.82) is 0 Å². The monoisotopic (exact) mass is 299 g/mol. The van der Waals surface area contributed by atoms with E-state index in [1.54, 1.807) is 4.90 Å². The fourth-order valence-electron chi connectivity index (χ4n) is 2.71. The second-order valence-corrected chi connectivity index (χ2v) is 5.73. The molecule has 2 aromatic rings. The van der Waals surface area contributed by atoms with Gasteiger partial charge in [0.25, 0.3) is 5.91 Å². The van der Waals surface area contributed by atoms with Gasteiger partial charge in [0.2, 0.25) is 0 Å². The molecule has 8 nitrogen and oxygen atoms in total. The molecule has 4 rings (SSSR count). The minimum Gasteiger partial charge on any atom is -0.352 e. The average Bonchev–Trinajstić information content (AvgIpc) is 3.29. The maximum absolute atomic E-state index is 12.2. The summed E-state index contributed by atoms with van der Waals surface area (Å²) in [5.74, 6) is 1.43. The van der Waals surface area contributed by atoms with E-state index in [0.29, 0.717) is 24.7 Å². The van der Waals surface area contributed by atoms with Gasteiger partial charge in [-0.05, 0) is 25.0 Å². The zero-order valence-electron chi connectivity index (χ0n) is 12.1. The third-order valence-electron chi connectivity index (χ3n) is 4.19. The molecule has 1 aliphatic heterocycles. The molecule has 1 N–H and O–H groups in total. The Morgan fingerprint density at radius 1 is 1.14 bits per heavy atom. The minimum atomic E-state index is -0.0800. The highest BCUT2D eigenvalue weighted by Gasteiger charge is 2.27. The summed E-state index contributed by atoms with van der Waals surface area (Å²) >= 11 is 0. The molecule has 0 spiro atoms. The van der Waals surface area contributed by atoms with E-state index in [1.165, 1.54) is 19.0 Å². The highest BCUT2D eigenvalue weighted by molar-refractivity contribution is 5.92. The van der Waals surface area contributed by atoms with E-state index in [1.807, 2.05) is 6.07 Å². The Morgan fingerprint density at radius 2 is 1.95 bits per heavy atom. The second-order valence-electron chi connectivity index (χ2n) is 5.73. The van der Waals surface area contributed by atoms with Gasteiger partial charge >= 0.3 is 0 Å². The third kappa shape index (κ3) is 2.51. The van der Waals surface area contributed by atoms with E-state index in [-0.39, 0.29) is 5.91 Å². The number of amides is 1. The first-order valence-electron chi connectivity index (χ1n) is 7.55. The van der Waals surface area contributed by atoms with Crippen LogP contribution in [-0.4, -0.2) is 62.6 Å². The number of nitrogens with zero attached hydrogens (tertiary/aromatic N) is 6. The molecule has 3 heterocycles. The van der Waals surface area contributed by atoms with E-state index >= 15 is 0 Å². The Kier molecular flexibility index (Phi) is 3.21. The molecule has 0 atom stereocenters. The molecule has 2 aromatic heterocycles. The van der Waals surface area contributed by atoms with Gasteiger partial charge in [0.15, 0.2) is 11.5 Å². The number of carbonyl (C=O) groups is 1. The molecule has 1 amide bonds. The maximum atomic E-state index is 12.2. The summed E-state index contributed by atoms with van der Waals surface area (Å²) in [6.07, 6.45) is 3.92. The normalized spacial score (nSPS) is 18.5. The Hall–Kier alpha value is -2.51. The molecule has 2 fully saturated rings. The lowest BCUT2D eigenvalue weighted by Crippen LogP contribution is -2.49. The number of H-pyrrole nitrogens is 1. The summed E-state index contributed by atoms with van der Waals surface area (Å²) in [4.78, 5) is 16.1. The summed E-state index contributed by atoms with van der Waals surface area (Å²) in [5, 5.41) is 18.6. The molecule has 114 valence electrons. The van der Waals surface area contributed by atoms with Crippen LogP contribution in [0.25, 0.3) is 0 Å². The van der Waals surface area contributed by atoms with Gasteiger partial charge in [-0.25, -0.2) is 0 Å². The Labute approximate surface area is 127 Å². The predicted octanol–water partition coefficient (Wildman–Crippen LogP) is 0.434. The van der Waals surface area contributed by atoms with Crippen LogP contribution in [0.2, 0.25) is 0 Å². The van der Waals surface area contributed by atoms with E-state index < -0.39 is 0 Å². The minimum absolute atomic E-state index is 0.0800. The predicted molar refractivity (Wildman–Crippen MR) is 78.5 cm³/mol. The van der Waals surface area contributed by atoms with Crippen LogP contribution in [0.5, 0.6) is 0 Å². The van der Waals surface area contributed by atoms with Crippen LogP contribution in [0.1, 0.15) is 34.9 Å². The van der Waals surface area contributed by atoms with Crippen LogP contribution < -0.4 is 4.90 Å².